The van der Waals surface area contributed by atoms with E-state index in [0.717, 1.165) is 4.31 Å². The number of carbonyl (C=O) groups is 1. The van der Waals surface area contributed by atoms with Crippen LogP contribution in [0.5, 0.6) is 0 Å². The van der Waals surface area contributed by atoms with Gasteiger partial charge in [-0.2, -0.15) is 4.31 Å². The normalized spacial score (nSPS) is 26.9. The molecule has 0 bridgehead atoms. The number of aliphatic hydroxyl groups is 1. The summed E-state index contributed by atoms with van der Waals surface area (Å²) in [5, 5.41) is 9.43. The maximum absolute atomic E-state index is 11.8. The van der Waals surface area contributed by atoms with Crippen LogP contribution in [-0.2, 0) is 19.6 Å². The zero-order chi connectivity index (χ0) is 12.3. The van der Waals surface area contributed by atoms with Crippen molar-refractivity contribution in [1.29, 1.82) is 0 Å². The van der Waals surface area contributed by atoms with E-state index in [9.17, 15) is 18.3 Å². The van der Waals surface area contributed by atoms with E-state index in [0.29, 0.717) is 6.42 Å². The molecule has 0 spiro atoms. The van der Waals surface area contributed by atoms with Crippen molar-refractivity contribution in [2.75, 3.05) is 19.4 Å². The average Bonchev–Trinajstić information content (AvgIpc) is 2.60. The number of hydrogen-bond donors (Lipinski definition) is 1. The van der Waals surface area contributed by atoms with E-state index in [1.807, 2.05) is 0 Å². The Bertz CT molecular complexity index is 353. The molecular formula is C9H17NO5S. The predicted molar refractivity (Wildman–Crippen MR) is 57.2 cm³/mol. The smallest absolute Gasteiger partial charge is 0.324 e. The largest absolute Gasteiger partial charge is 0.468 e. The van der Waals surface area contributed by atoms with Gasteiger partial charge in [-0.25, -0.2) is 8.42 Å². The van der Waals surface area contributed by atoms with Crippen molar-refractivity contribution in [2.24, 2.45) is 0 Å². The van der Waals surface area contributed by atoms with Gasteiger partial charge in [0.25, 0.3) is 0 Å². The minimum atomic E-state index is -3.47. The van der Waals surface area contributed by atoms with E-state index >= 15 is 0 Å². The van der Waals surface area contributed by atoms with Crippen molar-refractivity contribution in [1.82, 2.24) is 4.31 Å². The van der Waals surface area contributed by atoms with Gasteiger partial charge in [-0.3, -0.25) is 4.79 Å². The van der Waals surface area contributed by atoms with Crippen LogP contribution in [0.3, 0.4) is 0 Å². The number of rotatable bonds is 4. The lowest BCUT2D eigenvalue weighted by molar-refractivity contribution is -0.144. The highest BCUT2D eigenvalue weighted by molar-refractivity contribution is 7.89. The Balaban J connectivity index is 2.89. The third-order valence-electron chi connectivity index (χ3n) is 2.53. The van der Waals surface area contributed by atoms with Crippen LogP contribution in [0.1, 0.15) is 19.8 Å². The molecule has 0 saturated carbocycles. The first kappa shape index (κ1) is 13.4. The Morgan fingerprint density at radius 3 is 2.69 bits per heavy atom. The minimum Gasteiger partial charge on any atom is -0.468 e. The maximum Gasteiger partial charge on any atom is 0.324 e. The molecule has 1 fully saturated rings. The Kier molecular flexibility index (Phi) is 4.28. The van der Waals surface area contributed by atoms with Crippen molar-refractivity contribution in [3.8, 4) is 0 Å². The molecule has 94 valence electrons. The lowest BCUT2D eigenvalue weighted by Crippen LogP contribution is -2.42. The van der Waals surface area contributed by atoms with Gasteiger partial charge >= 0.3 is 5.97 Å². The van der Waals surface area contributed by atoms with E-state index in [1.54, 1.807) is 6.92 Å². The van der Waals surface area contributed by atoms with Crippen LogP contribution in [0, 0.1) is 0 Å². The van der Waals surface area contributed by atoms with Crippen LogP contribution in [0.2, 0.25) is 0 Å². The summed E-state index contributed by atoms with van der Waals surface area (Å²) in [4.78, 5) is 11.4. The molecule has 1 N–H and O–H groups in total. The Hall–Kier alpha value is -0.660. The highest BCUT2D eigenvalue weighted by Gasteiger charge is 2.42. The van der Waals surface area contributed by atoms with Crippen molar-refractivity contribution < 1.29 is 23.1 Å². The molecule has 0 aromatic carbocycles. The Labute approximate surface area is 95.2 Å². The third kappa shape index (κ3) is 2.72. The van der Waals surface area contributed by atoms with Gasteiger partial charge in [0.05, 0.1) is 19.0 Å². The van der Waals surface area contributed by atoms with Crippen molar-refractivity contribution >= 4 is 16.0 Å². The number of sulfonamides is 1. The van der Waals surface area contributed by atoms with Crippen LogP contribution >= 0.6 is 0 Å². The third-order valence-corrected chi connectivity index (χ3v) is 4.57. The average molecular weight is 251 g/mol. The highest BCUT2D eigenvalue weighted by Crippen LogP contribution is 2.23. The quantitative estimate of drug-likeness (QED) is 0.670. The number of aliphatic hydroxyl groups excluding tert-OH is 1. The van der Waals surface area contributed by atoms with Gasteiger partial charge in [0.1, 0.15) is 6.04 Å². The SMILES string of the molecule is CCCS(=O)(=O)N1CC(O)CC1C(=O)OC. The topological polar surface area (TPSA) is 83.9 Å². The molecule has 6 nitrogen and oxygen atoms in total. The zero-order valence-electron chi connectivity index (χ0n) is 9.42. The molecule has 1 heterocycles. The summed E-state index contributed by atoms with van der Waals surface area (Å²) >= 11 is 0. The summed E-state index contributed by atoms with van der Waals surface area (Å²) in [7, 11) is -2.27. The fourth-order valence-electron chi connectivity index (χ4n) is 1.82. The fourth-order valence-corrected chi connectivity index (χ4v) is 3.53. The molecule has 1 aliphatic rings. The summed E-state index contributed by atoms with van der Waals surface area (Å²) in [6, 6.07) is -0.878. The Morgan fingerprint density at radius 1 is 1.56 bits per heavy atom. The molecule has 0 aliphatic carbocycles. The zero-order valence-corrected chi connectivity index (χ0v) is 10.2. The van der Waals surface area contributed by atoms with Crippen LogP contribution < -0.4 is 0 Å². The van der Waals surface area contributed by atoms with E-state index < -0.39 is 28.1 Å². The van der Waals surface area contributed by atoms with Gasteiger partial charge in [-0.15, -0.1) is 0 Å². The predicted octanol–water partition coefficient (Wildman–Crippen LogP) is -0.666. The second-order valence-electron chi connectivity index (χ2n) is 3.81. The highest BCUT2D eigenvalue weighted by atomic mass is 32.2. The van der Waals surface area contributed by atoms with Crippen molar-refractivity contribution in [2.45, 2.75) is 31.9 Å². The van der Waals surface area contributed by atoms with Gasteiger partial charge in [0.2, 0.25) is 10.0 Å². The number of ether oxygens (including phenoxy) is 1. The molecule has 0 radical (unpaired) electrons. The molecular weight excluding hydrogens is 234 g/mol. The minimum absolute atomic E-state index is 0.0206. The van der Waals surface area contributed by atoms with Crippen LogP contribution in [-0.4, -0.2) is 55.4 Å². The van der Waals surface area contributed by atoms with Gasteiger partial charge in [-0.05, 0) is 6.42 Å². The molecule has 0 aromatic rings. The van der Waals surface area contributed by atoms with Gasteiger partial charge in [0, 0.05) is 13.0 Å². The summed E-state index contributed by atoms with van der Waals surface area (Å²) in [5.41, 5.74) is 0. The number of nitrogens with zero attached hydrogens (tertiary/aromatic N) is 1. The second-order valence-corrected chi connectivity index (χ2v) is 5.86. The number of β-amino-alcohol motifs (C(OH)–C–C–N with tert-alkyl or cyclic N) is 1. The molecule has 1 aliphatic heterocycles. The summed E-state index contributed by atoms with van der Waals surface area (Å²) in [5.74, 6) is -0.635. The van der Waals surface area contributed by atoms with Crippen LogP contribution in [0.4, 0.5) is 0 Å². The first-order chi connectivity index (χ1) is 7.42. The summed E-state index contributed by atoms with van der Waals surface area (Å²) < 4.78 is 29.2. The monoisotopic (exact) mass is 251 g/mol. The second kappa shape index (κ2) is 5.11. The number of esters is 1. The molecule has 16 heavy (non-hydrogen) atoms. The van der Waals surface area contributed by atoms with Crippen LogP contribution in [0.25, 0.3) is 0 Å². The fraction of sp³-hybridized carbons (Fsp3) is 0.889. The molecule has 1 saturated heterocycles. The molecule has 1 rings (SSSR count). The van der Waals surface area contributed by atoms with Crippen molar-refractivity contribution in [3.05, 3.63) is 0 Å². The molecule has 2 atom stereocenters. The standard InChI is InChI=1S/C9H17NO5S/c1-3-4-16(13,14)10-6-7(11)5-8(10)9(12)15-2/h7-8,11H,3-6H2,1-2H3. The molecule has 0 aromatic heterocycles. The Morgan fingerprint density at radius 2 is 2.19 bits per heavy atom. The molecule has 7 heteroatoms. The first-order valence-electron chi connectivity index (χ1n) is 5.17. The van der Waals surface area contributed by atoms with E-state index in [2.05, 4.69) is 4.74 Å². The van der Waals surface area contributed by atoms with Gasteiger partial charge in [-0.1, -0.05) is 6.92 Å². The number of hydrogen-bond acceptors (Lipinski definition) is 5. The van der Waals surface area contributed by atoms with E-state index in [1.165, 1.54) is 7.11 Å². The van der Waals surface area contributed by atoms with Crippen molar-refractivity contribution in [3.63, 3.8) is 0 Å². The van der Waals surface area contributed by atoms with Gasteiger partial charge in [0.15, 0.2) is 0 Å². The first-order valence-corrected chi connectivity index (χ1v) is 6.78. The maximum atomic E-state index is 11.8. The molecule has 2 unspecified atom stereocenters. The summed E-state index contributed by atoms with van der Waals surface area (Å²) in [6.45, 7) is 1.72. The number of methoxy groups -OCH3 is 1. The van der Waals surface area contributed by atoms with E-state index in [4.69, 9.17) is 0 Å². The van der Waals surface area contributed by atoms with Crippen LogP contribution in [0.15, 0.2) is 0 Å². The molecule has 0 amide bonds. The van der Waals surface area contributed by atoms with Gasteiger partial charge < -0.3 is 9.84 Å². The lowest BCUT2D eigenvalue weighted by atomic mass is 10.2. The number of carbonyl (C=O) groups excluding carboxylic acids is 1. The summed E-state index contributed by atoms with van der Waals surface area (Å²) in [6.07, 6.45) is -0.214. The van der Waals surface area contributed by atoms with E-state index in [-0.39, 0.29) is 18.7 Å². The lowest BCUT2D eigenvalue weighted by Gasteiger charge is -2.21.